The van der Waals surface area contributed by atoms with Gasteiger partial charge in [-0.15, -0.1) is 0 Å². The van der Waals surface area contributed by atoms with Crippen molar-refractivity contribution >= 4 is 40.8 Å². The molecule has 0 spiro atoms. The Balaban J connectivity index is 2.06. The molecule has 2 amide bonds. The van der Waals surface area contributed by atoms with E-state index in [0.29, 0.717) is 15.5 Å². The monoisotopic (exact) mass is 343 g/mol. The standard InChI is InChI=1S/C18H14ClNO2S/c1-11-3-5-12(6-4-11)15-16(18(22)20(2)17(15)21)23-14-9-7-13(19)8-10-14/h3-10H,1-2H3. The van der Waals surface area contributed by atoms with E-state index in [9.17, 15) is 9.59 Å². The Bertz CT molecular complexity index is 810. The molecule has 23 heavy (non-hydrogen) atoms. The number of thioether (sulfide) groups is 1. The summed E-state index contributed by atoms with van der Waals surface area (Å²) < 4.78 is 0. The highest BCUT2D eigenvalue weighted by Crippen LogP contribution is 2.39. The number of halogens is 1. The van der Waals surface area contributed by atoms with Crippen LogP contribution < -0.4 is 0 Å². The number of hydrogen-bond donors (Lipinski definition) is 0. The summed E-state index contributed by atoms with van der Waals surface area (Å²) in [6.45, 7) is 1.98. The minimum Gasteiger partial charge on any atom is -0.277 e. The molecule has 0 saturated heterocycles. The van der Waals surface area contributed by atoms with E-state index in [1.54, 1.807) is 12.1 Å². The summed E-state index contributed by atoms with van der Waals surface area (Å²) in [5.74, 6) is -0.541. The molecule has 1 heterocycles. The van der Waals surface area contributed by atoms with Crippen molar-refractivity contribution in [3.05, 3.63) is 69.6 Å². The van der Waals surface area contributed by atoms with E-state index in [2.05, 4.69) is 0 Å². The first-order valence-corrected chi connectivity index (χ1v) is 8.24. The Morgan fingerprint density at radius 1 is 0.913 bits per heavy atom. The number of carbonyl (C=O) groups is 2. The molecule has 1 aliphatic heterocycles. The largest absolute Gasteiger partial charge is 0.277 e. The summed E-state index contributed by atoms with van der Waals surface area (Å²) in [6, 6.07) is 14.8. The summed E-state index contributed by atoms with van der Waals surface area (Å²) in [5, 5.41) is 0.632. The molecule has 0 bridgehead atoms. The molecule has 1 aliphatic rings. The Kier molecular flexibility index (Phi) is 4.28. The quantitative estimate of drug-likeness (QED) is 0.786. The molecule has 3 nitrogen and oxygen atoms in total. The average Bonchev–Trinajstić information content (AvgIpc) is 2.75. The molecule has 5 heteroatoms. The minimum absolute atomic E-state index is 0.268. The van der Waals surface area contributed by atoms with Crippen LogP contribution in [0, 0.1) is 6.92 Å². The van der Waals surface area contributed by atoms with Crippen LogP contribution in [0.3, 0.4) is 0 Å². The van der Waals surface area contributed by atoms with Crippen molar-refractivity contribution in [2.24, 2.45) is 0 Å². The van der Waals surface area contributed by atoms with E-state index in [-0.39, 0.29) is 11.8 Å². The Labute approximate surface area is 143 Å². The molecule has 2 aromatic rings. The zero-order valence-corrected chi connectivity index (χ0v) is 14.2. The molecule has 0 saturated carbocycles. The molecule has 0 unspecified atom stereocenters. The maximum atomic E-state index is 12.5. The third-order valence-corrected chi connectivity index (χ3v) is 4.96. The maximum absolute atomic E-state index is 12.5. The fraction of sp³-hybridized carbons (Fsp3) is 0.111. The van der Waals surface area contributed by atoms with E-state index in [1.807, 2.05) is 43.3 Å². The average molecular weight is 344 g/mol. The van der Waals surface area contributed by atoms with Gasteiger partial charge < -0.3 is 0 Å². The molecule has 2 aromatic carbocycles. The molecule has 3 rings (SSSR count). The van der Waals surface area contributed by atoms with Crippen molar-refractivity contribution in [3.8, 4) is 0 Å². The van der Waals surface area contributed by atoms with Gasteiger partial charge in [-0.25, -0.2) is 0 Å². The van der Waals surface area contributed by atoms with E-state index in [1.165, 1.54) is 18.8 Å². The number of hydrogen-bond acceptors (Lipinski definition) is 3. The van der Waals surface area contributed by atoms with Gasteiger partial charge in [0.25, 0.3) is 11.8 Å². The van der Waals surface area contributed by atoms with E-state index in [4.69, 9.17) is 11.6 Å². The highest BCUT2D eigenvalue weighted by atomic mass is 35.5. The number of amides is 2. The number of benzene rings is 2. The maximum Gasteiger partial charge on any atom is 0.268 e. The second-order valence-corrected chi connectivity index (χ2v) is 6.82. The topological polar surface area (TPSA) is 37.4 Å². The van der Waals surface area contributed by atoms with Crippen LogP contribution in [0.2, 0.25) is 5.02 Å². The van der Waals surface area contributed by atoms with Crippen molar-refractivity contribution in [1.29, 1.82) is 0 Å². The van der Waals surface area contributed by atoms with Gasteiger partial charge in [-0.3, -0.25) is 14.5 Å². The van der Waals surface area contributed by atoms with E-state index >= 15 is 0 Å². The van der Waals surface area contributed by atoms with Gasteiger partial charge in [0.1, 0.15) is 0 Å². The van der Waals surface area contributed by atoms with Gasteiger partial charge in [0, 0.05) is 17.0 Å². The number of imide groups is 1. The van der Waals surface area contributed by atoms with Gasteiger partial charge in [-0.1, -0.05) is 53.2 Å². The normalized spacial score (nSPS) is 14.8. The second-order valence-electron chi connectivity index (χ2n) is 5.30. The fourth-order valence-corrected chi connectivity index (χ4v) is 3.47. The first-order chi connectivity index (χ1) is 11.0. The summed E-state index contributed by atoms with van der Waals surface area (Å²) >= 11 is 7.18. The Morgan fingerprint density at radius 2 is 1.52 bits per heavy atom. The molecule has 116 valence electrons. The van der Waals surface area contributed by atoms with Gasteiger partial charge in [0.05, 0.1) is 10.5 Å². The number of likely N-dealkylation sites (N-methyl/N-ethyl adjacent to an activating group) is 1. The van der Waals surface area contributed by atoms with Gasteiger partial charge >= 0.3 is 0 Å². The van der Waals surface area contributed by atoms with Crippen LogP contribution in [0.4, 0.5) is 0 Å². The van der Waals surface area contributed by atoms with Crippen molar-refractivity contribution in [2.45, 2.75) is 11.8 Å². The van der Waals surface area contributed by atoms with Gasteiger partial charge in [0.2, 0.25) is 0 Å². The molecule has 0 aliphatic carbocycles. The summed E-state index contributed by atoms with van der Waals surface area (Å²) in [6.07, 6.45) is 0. The summed E-state index contributed by atoms with van der Waals surface area (Å²) in [7, 11) is 1.51. The van der Waals surface area contributed by atoms with Gasteiger partial charge in [-0.2, -0.15) is 0 Å². The Morgan fingerprint density at radius 3 is 2.13 bits per heavy atom. The van der Waals surface area contributed by atoms with Crippen LogP contribution >= 0.6 is 23.4 Å². The lowest BCUT2D eigenvalue weighted by Gasteiger charge is -2.06. The molecular formula is C18H14ClNO2S. The molecular weight excluding hydrogens is 330 g/mol. The lowest BCUT2D eigenvalue weighted by atomic mass is 10.0. The van der Waals surface area contributed by atoms with E-state index in [0.717, 1.165) is 20.9 Å². The SMILES string of the molecule is Cc1ccc(C2=C(Sc3ccc(Cl)cc3)C(=O)N(C)C2=O)cc1. The lowest BCUT2D eigenvalue weighted by molar-refractivity contribution is -0.134. The lowest BCUT2D eigenvalue weighted by Crippen LogP contribution is -2.26. The fourth-order valence-electron chi connectivity index (χ4n) is 2.31. The van der Waals surface area contributed by atoms with Gasteiger partial charge in [0.15, 0.2) is 0 Å². The zero-order chi connectivity index (χ0) is 16.6. The van der Waals surface area contributed by atoms with Crippen LogP contribution in [0.1, 0.15) is 11.1 Å². The number of nitrogens with zero attached hydrogens (tertiary/aromatic N) is 1. The van der Waals surface area contributed by atoms with Crippen LogP contribution in [0.15, 0.2) is 58.3 Å². The van der Waals surface area contributed by atoms with Gasteiger partial charge in [-0.05, 0) is 36.8 Å². The molecule has 0 radical (unpaired) electrons. The third kappa shape index (κ3) is 3.05. The first kappa shape index (κ1) is 15.8. The number of aryl methyl sites for hydroxylation is 1. The number of carbonyl (C=O) groups excluding carboxylic acids is 2. The molecule has 0 aromatic heterocycles. The van der Waals surface area contributed by atoms with Crippen LogP contribution in [-0.4, -0.2) is 23.8 Å². The van der Waals surface area contributed by atoms with Crippen molar-refractivity contribution in [2.75, 3.05) is 7.05 Å². The van der Waals surface area contributed by atoms with Crippen molar-refractivity contribution in [3.63, 3.8) is 0 Å². The van der Waals surface area contributed by atoms with Crippen LogP contribution in [0.5, 0.6) is 0 Å². The Hall–Kier alpha value is -2.04. The van der Waals surface area contributed by atoms with E-state index < -0.39 is 0 Å². The number of rotatable bonds is 3. The molecule has 0 N–H and O–H groups in total. The molecule has 0 fully saturated rings. The summed E-state index contributed by atoms with van der Waals surface area (Å²) in [5.41, 5.74) is 2.32. The summed E-state index contributed by atoms with van der Waals surface area (Å²) in [4.78, 5) is 27.4. The van der Waals surface area contributed by atoms with Crippen molar-refractivity contribution < 1.29 is 9.59 Å². The van der Waals surface area contributed by atoms with Crippen LogP contribution in [0.25, 0.3) is 5.57 Å². The second kappa shape index (κ2) is 6.22. The van der Waals surface area contributed by atoms with Crippen LogP contribution in [-0.2, 0) is 9.59 Å². The predicted molar refractivity (Wildman–Crippen MR) is 93.2 cm³/mol. The zero-order valence-electron chi connectivity index (χ0n) is 12.7. The van der Waals surface area contributed by atoms with Crippen molar-refractivity contribution in [1.82, 2.24) is 4.90 Å². The minimum atomic E-state index is -0.273. The predicted octanol–water partition coefficient (Wildman–Crippen LogP) is 4.15. The highest BCUT2D eigenvalue weighted by molar-refractivity contribution is 8.04. The highest BCUT2D eigenvalue weighted by Gasteiger charge is 2.36. The third-order valence-electron chi connectivity index (χ3n) is 3.62. The smallest absolute Gasteiger partial charge is 0.268 e. The first-order valence-electron chi connectivity index (χ1n) is 7.04. The molecule has 0 atom stereocenters.